The van der Waals surface area contributed by atoms with Crippen LogP contribution in [0.3, 0.4) is 0 Å². The molecule has 0 aliphatic rings. The molecule has 0 unspecified atom stereocenters. The second-order valence-corrected chi connectivity index (χ2v) is 4.42. The molecule has 0 fully saturated rings. The van der Waals surface area contributed by atoms with Crippen LogP contribution in [0.15, 0.2) is 52.9 Å². The molecule has 6 heteroatoms. The summed E-state index contributed by atoms with van der Waals surface area (Å²) in [6.07, 6.45) is 3.12. The third kappa shape index (κ3) is 3.52. The van der Waals surface area contributed by atoms with Crippen LogP contribution >= 0.6 is 12.2 Å². The largest absolute Gasteiger partial charge is 0.358 e. The number of H-pyrrole nitrogens is 1. The van der Waals surface area contributed by atoms with Gasteiger partial charge in [-0.25, -0.2) is 0 Å². The number of thiocarbonyl (C=S) groups is 1. The molecule has 20 heavy (non-hydrogen) atoms. The third-order valence-corrected chi connectivity index (χ3v) is 2.79. The van der Waals surface area contributed by atoms with Crippen LogP contribution in [0.1, 0.15) is 5.56 Å². The molecule has 0 atom stereocenters. The highest BCUT2D eigenvalue weighted by Gasteiger charge is 1.99. The molecule has 5 nitrogen and oxygen atoms in total. The highest BCUT2D eigenvalue weighted by atomic mass is 32.1. The van der Waals surface area contributed by atoms with Crippen LogP contribution in [0.4, 0.5) is 0 Å². The number of nitrogens with zero attached hydrogens (tertiary/aromatic N) is 1. The van der Waals surface area contributed by atoms with Crippen LogP contribution in [0, 0.1) is 0 Å². The SMILES string of the molecule is C=CCNC(=S)N/N=C/c1cc2ccccc2[nH]c1=O. The van der Waals surface area contributed by atoms with E-state index in [-0.39, 0.29) is 5.56 Å². The van der Waals surface area contributed by atoms with E-state index >= 15 is 0 Å². The summed E-state index contributed by atoms with van der Waals surface area (Å²) in [5.41, 5.74) is 3.69. The molecule has 0 bridgehead atoms. The van der Waals surface area contributed by atoms with E-state index in [0.717, 1.165) is 10.9 Å². The van der Waals surface area contributed by atoms with E-state index in [4.69, 9.17) is 12.2 Å². The molecule has 0 saturated heterocycles. The van der Waals surface area contributed by atoms with E-state index in [9.17, 15) is 4.79 Å². The van der Waals surface area contributed by atoms with Crippen molar-refractivity contribution in [1.29, 1.82) is 0 Å². The molecule has 0 aliphatic carbocycles. The van der Waals surface area contributed by atoms with Gasteiger partial charge in [0.1, 0.15) is 0 Å². The molecule has 0 saturated carbocycles. The first-order valence-corrected chi connectivity index (χ1v) is 6.41. The lowest BCUT2D eigenvalue weighted by Gasteiger charge is -2.03. The van der Waals surface area contributed by atoms with E-state index in [1.807, 2.05) is 24.3 Å². The minimum Gasteiger partial charge on any atom is -0.358 e. The van der Waals surface area contributed by atoms with Crippen LogP contribution in [-0.4, -0.2) is 22.9 Å². The number of aromatic amines is 1. The fraction of sp³-hybridized carbons (Fsp3) is 0.0714. The number of hydrogen-bond donors (Lipinski definition) is 3. The van der Waals surface area contributed by atoms with Gasteiger partial charge in [-0.2, -0.15) is 5.10 Å². The molecule has 1 aromatic heterocycles. The molecule has 0 aliphatic heterocycles. The van der Waals surface area contributed by atoms with Crippen molar-refractivity contribution in [2.75, 3.05) is 6.54 Å². The Morgan fingerprint density at radius 2 is 2.25 bits per heavy atom. The number of hydrazone groups is 1. The summed E-state index contributed by atoms with van der Waals surface area (Å²) in [5, 5.41) is 8.11. The summed E-state index contributed by atoms with van der Waals surface area (Å²) in [4.78, 5) is 14.6. The minimum atomic E-state index is -0.195. The topological polar surface area (TPSA) is 69.3 Å². The first-order chi connectivity index (χ1) is 9.70. The highest BCUT2D eigenvalue weighted by molar-refractivity contribution is 7.80. The fourth-order valence-electron chi connectivity index (χ4n) is 1.63. The third-order valence-electron chi connectivity index (χ3n) is 2.56. The van der Waals surface area contributed by atoms with E-state index < -0.39 is 0 Å². The molecule has 1 aromatic carbocycles. The molecule has 2 aromatic rings. The van der Waals surface area contributed by atoms with Crippen LogP contribution in [0.5, 0.6) is 0 Å². The van der Waals surface area contributed by atoms with Crippen LogP contribution < -0.4 is 16.3 Å². The van der Waals surface area contributed by atoms with Gasteiger partial charge in [0.2, 0.25) is 0 Å². The maximum Gasteiger partial charge on any atom is 0.257 e. The van der Waals surface area contributed by atoms with Gasteiger partial charge in [-0.05, 0) is 29.7 Å². The zero-order valence-electron chi connectivity index (χ0n) is 10.7. The number of hydrogen-bond acceptors (Lipinski definition) is 3. The normalized spacial score (nSPS) is 10.6. The van der Waals surface area contributed by atoms with Crippen molar-refractivity contribution in [3.8, 4) is 0 Å². The number of aromatic nitrogens is 1. The van der Waals surface area contributed by atoms with Gasteiger partial charge in [-0.15, -0.1) is 6.58 Å². The smallest absolute Gasteiger partial charge is 0.257 e. The molecule has 0 spiro atoms. The number of nitrogens with one attached hydrogen (secondary N) is 3. The van der Waals surface area contributed by atoms with E-state index in [0.29, 0.717) is 17.2 Å². The molecule has 102 valence electrons. The Labute approximate surface area is 121 Å². The van der Waals surface area contributed by atoms with Crippen molar-refractivity contribution in [3.63, 3.8) is 0 Å². The van der Waals surface area contributed by atoms with Gasteiger partial charge in [-0.3, -0.25) is 10.2 Å². The van der Waals surface area contributed by atoms with E-state index in [2.05, 4.69) is 27.4 Å². The minimum absolute atomic E-state index is 0.195. The molecular formula is C14H14N4OS. The van der Waals surface area contributed by atoms with Crippen molar-refractivity contribution in [1.82, 2.24) is 15.7 Å². The average molecular weight is 286 g/mol. The number of fused-ring (bicyclic) bond motifs is 1. The monoisotopic (exact) mass is 286 g/mol. The van der Waals surface area contributed by atoms with Gasteiger partial charge in [0.25, 0.3) is 5.56 Å². The molecular weight excluding hydrogens is 272 g/mol. The Balaban J connectivity index is 2.13. The maximum atomic E-state index is 11.8. The fourth-order valence-corrected chi connectivity index (χ4v) is 1.76. The lowest BCUT2D eigenvalue weighted by molar-refractivity contribution is 0.941. The summed E-state index contributed by atoms with van der Waals surface area (Å²) in [6.45, 7) is 4.12. The Bertz CT molecular complexity index is 720. The first kappa shape index (κ1) is 14.0. The van der Waals surface area contributed by atoms with Crippen molar-refractivity contribution in [2.45, 2.75) is 0 Å². The Kier molecular flexibility index (Phi) is 4.62. The van der Waals surface area contributed by atoms with Gasteiger partial charge in [-0.1, -0.05) is 24.3 Å². The molecule has 0 radical (unpaired) electrons. The van der Waals surface area contributed by atoms with Crippen LogP contribution in [-0.2, 0) is 0 Å². The molecule has 1 heterocycles. The lowest BCUT2D eigenvalue weighted by Crippen LogP contribution is -2.32. The Morgan fingerprint density at radius 3 is 3.05 bits per heavy atom. The van der Waals surface area contributed by atoms with Crippen molar-refractivity contribution in [2.24, 2.45) is 5.10 Å². The predicted octanol–water partition coefficient (Wildman–Crippen LogP) is 1.51. The second kappa shape index (κ2) is 6.63. The summed E-state index contributed by atoms with van der Waals surface area (Å²) in [5.74, 6) is 0. The Morgan fingerprint density at radius 1 is 1.45 bits per heavy atom. The number of benzene rings is 1. The standard InChI is InChI=1S/C14H14N4OS/c1-2-7-15-14(20)18-16-9-11-8-10-5-3-4-6-12(10)17-13(11)19/h2-6,8-9H,1,7H2,(H,17,19)(H2,15,18,20)/b16-9+. The van der Waals surface area contributed by atoms with Crippen molar-refractivity contribution in [3.05, 3.63) is 58.9 Å². The van der Waals surface area contributed by atoms with Crippen molar-refractivity contribution < 1.29 is 0 Å². The molecule has 0 amide bonds. The van der Waals surface area contributed by atoms with E-state index in [1.54, 1.807) is 12.1 Å². The van der Waals surface area contributed by atoms with Gasteiger partial charge >= 0.3 is 0 Å². The van der Waals surface area contributed by atoms with Crippen molar-refractivity contribution >= 4 is 34.4 Å². The first-order valence-electron chi connectivity index (χ1n) is 6.00. The van der Waals surface area contributed by atoms with Crippen LogP contribution in [0.2, 0.25) is 0 Å². The zero-order chi connectivity index (χ0) is 14.4. The maximum absolute atomic E-state index is 11.8. The zero-order valence-corrected chi connectivity index (χ0v) is 11.5. The summed E-state index contributed by atoms with van der Waals surface area (Å²) in [7, 11) is 0. The Hall–Kier alpha value is -2.47. The van der Waals surface area contributed by atoms with Gasteiger partial charge in [0.15, 0.2) is 5.11 Å². The molecule has 3 N–H and O–H groups in total. The van der Waals surface area contributed by atoms with Crippen LogP contribution in [0.25, 0.3) is 10.9 Å². The van der Waals surface area contributed by atoms with Gasteiger partial charge in [0.05, 0.1) is 11.8 Å². The number of para-hydroxylation sites is 1. The predicted molar refractivity (Wildman–Crippen MR) is 86.1 cm³/mol. The average Bonchev–Trinajstić information content (AvgIpc) is 2.45. The van der Waals surface area contributed by atoms with Gasteiger partial charge in [0, 0.05) is 12.1 Å². The number of rotatable bonds is 4. The summed E-state index contributed by atoms with van der Waals surface area (Å²) >= 11 is 4.98. The molecule has 2 rings (SSSR count). The second-order valence-electron chi connectivity index (χ2n) is 4.01. The summed E-state index contributed by atoms with van der Waals surface area (Å²) < 4.78 is 0. The van der Waals surface area contributed by atoms with Gasteiger partial charge < -0.3 is 10.3 Å². The number of pyridine rings is 1. The summed E-state index contributed by atoms with van der Waals surface area (Å²) in [6, 6.07) is 9.33. The highest BCUT2D eigenvalue weighted by Crippen LogP contribution is 2.08. The quantitative estimate of drug-likeness (QED) is 0.345. The lowest BCUT2D eigenvalue weighted by atomic mass is 10.2. The van der Waals surface area contributed by atoms with E-state index in [1.165, 1.54) is 6.21 Å².